The lowest BCUT2D eigenvalue weighted by molar-refractivity contribution is -0.137. The zero-order valence-electron chi connectivity index (χ0n) is 16.5. The maximum absolute atomic E-state index is 13.2. The van der Waals surface area contributed by atoms with Crippen molar-refractivity contribution in [1.82, 2.24) is 10.2 Å². The number of amides is 3. The van der Waals surface area contributed by atoms with Crippen molar-refractivity contribution in [3.63, 3.8) is 0 Å². The van der Waals surface area contributed by atoms with Gasteiger partial charge in [-0.3, -0.25) is 4.79 Å². The number of piperidine rings is 1. The molecule has 0 bridgehead atoms. The highest BCUT2D eigenvalue weighted by atomic mass is 19.4. The smallest absolute Gasteiger partial charge is 0.370 e. The third-order valence-electron chi connectivity index (χ3n) is 5.41. The lowest BCUT2D eigenvalue weighted by Gasteiger charge is -2.33. The summed E-state index contributed by atoms with van der Waals surface area (Å²) in [6.07, 6.45) is -0.670. The van der Waals surface area contributed by atoms with Crippen molar-refractivity contribution in [2.24, 2.45) is 0 Å². The minimum absolute atomic E-state index is 0.0774. The Morgan fingerprint density at radius 1 is 1.14 bits per heavy atom. The number of benzene rings is 1. The molecule has 0 saturated carbocycles. The Labute approximate surface area is 168 Å². The summed E-state index contributed by atoms with van der Waals surface area (Å²) in [6, 6.07) is 2.91. The zero-order chi connectivity index (χ0) is 21.0. The molecule has 2 aliphatic rings. The SMILES string of the molecule is CCC(=O)NC1CCCN(C(=O)Nc2cc(C(F)(F)F)ccc2N2CCCC2)C1. The quantitative estimate of drug-likeness (QED) is 0.790. The van der Waals surface area contributed by atoms with Crippen molar-refractivity contribution in [1.29, 1.82) is 0 Å². The molecule has 0 aliphatic carbocycles. The number of alkyl halides is 3. The van der Waals surface area contributed by atoms with E-state index in [2.05, 4.69) is 10.6 Å². The number of hydrogen-bond acceptors (Lipinski definition) is 3. The molecular formula is C20H27F3N4O2. The van der Waals surface area contributed by atoms with Crippen LogP contribution in [0.5, 0.6) is 0 Å². The van der Waals surface area contributed by atoms with Gasteiger partial charge in [0.2, 0.25) is 5.91 Å². The molecule has 0 spiro atoms. The van der Waals surface area contributed by atoms with Crippen LogP contribution in [-0.2, 0) is 11.0 Å². The number of likely N-dealkylation sites (tertiary alicyclic amines) is 1. The van der Waals surface area contributed by atoms with Gasteiger partial charge in [0.05, 0.1) is 16.9 Å². The van der Waals surface area contributed by atoms with Crippen molar-refractivity contribution in [3.8, 4) is 0 Å². The predicted molar refractivity (Wildman–Crippen MR) is 105 cm³/mol. The Balaban J connectivity index is 1.76. The molecule has 1 unspecified atom stereocenters. The van der Waals surface area contributed by atoms with Crippen molar-refractivity contribution in [3.05, 3.63) is 23.8 Å². The Kier molecular flexibility index (Phi) is 6.54. The highest BCUT2D eigenvalue weighted by Crippen LogP contribution is 2.36. The number of nitrogens with one attached hydrogen (secondary N) is 2. The molecule has 3 amide bonds. The summed E-state index contributed by atoms with van der Waals surface area (Å²) in [6.45, 7) is 4.11. The topological polar surface area (TPSA) is 64.7 Å². The summed E-state index contributed by atoms with van der Waals surface area (Å²) in [5.74, 6) is -0.0774. The first-order valence-corrected chi connectivity index (χ1v) is 10.1. The molecule has 2 saturated heterocycles. The van der Waals surface area contributed by atoms with Crippen LogP contribution in [0, 0.1) is 0 Å². The highest BCUT2D eigenvalue weighted by Gasteiger charge is 2.32. The fraction of sp³-hybridized carbons (Fsp3) is 0.600. The van der Waals surface area contributed by atoms with E-state index < -0.39 is 17.8 Å². The first-order chi connectivity index (χ1) is 13.8. The number of halogens is 3. The number of hydrogen-bond donors (Lipinski definition) is 2. The van der Waals surface area contributed by atoms with Gasteiger partial charge in [0.1, 0.15) is 0 Å². The van der Waals surface area contributed by atoms with Crippen LogP contribution in [0.4, 0.5) is 29.3 Å². The first-order valence-electron chi connectivity index (χ1n) is 10.1. The molecule has 2 aliphatic heterocycles. The van der Waals surface area contributed by atoms with Crippen LogP contribution in [-0.4, -0.2) is 49.1 Å². The van der Waals surface area contributed by atoms with Crippen molar-refractivity contribution in [2.75, 3.05) is 36.4 Å². The average Bonchev–Trinajstić information content (AvgIpc) is 3.22. The van der Waals surface area contributed by atoms with Crippen molar-refractivity contribution in [2.45, 2.75) is 51.2 Å². The van der Waals surface area contributed by atoms with E-state index in [0.717, 1.165) is 50.9 Å². The number of carbonyl (C=O) groups excluding carboxylic acids is 2. The Bertz CT molecular complexity index is 748. The number of anilines is 2. The maximum atomic E-state index is 13.2. The molecule has 9 heteroatoms. The number of urea groups is 1. The summed E-state index contributed by atoms with van der Waals surface area (Å²) in [5.41, 5.74) is -0.00869. The van der Waals surface area contributed by atoms with Crippen molar-refractivity contribution >= 4 is 23.3 Å². The van der Waals surface area contributed by atoms with Gasteiger partial charge in [0.25, 0.3) is 0 Å². The average molecular weight is 412 g/mol. The summed E-state index contributed by atoms with van der Waals surface area (Å²) in [5, 5.41) is 5.57. The van der Waals surface area contributed by atoms with Gasteiger partial charge in [-0.05, 0) is 43.9 Å². The molecule has 160 valence electrons. The van der Waals surface area contributed by atoms with E-state index >= 15 is 0 Å². The molecule has 1 atom stereocenters. The first kappa shape index (κ1) is 21.3. The van der Waals surface area contributed by atoms with E-state index in [-0.39, 0.29) is 17.6 Å². The molecular weight excluding hydrogens is 385 g/mol. The largest absolute Gasteiger partial charge is 0.416 e. The summed E-state index contributed by atoms with van der Waals surface area (Å²) in [7, 11) is 0. The zero-order valence-corrected chi connectivity index (χ0v) is 16.5. The minimum Gasteiger partial charge on any atom is -0.370 e. The molecule has 1 aromatic rings. The molecule has 3 rings (SSSR count). The molecule has 2 N–H and O–H groups in total. The second kappa shape index (κ2) is 8.92. The number of nitrogens with zero attached hydrogens (tertiary/aromatic N) is 2. The molecule has 2 heterocycles. The van der Waals surface area contributed by atoms with E-state index in [1.807, 2.05) is 4.90 Å². The van der Waals surface area contributed by atoms with Crippen molar-refractivity contribution < 1.29 is 22.8 Å². The number of rotatable bonds is 4. The lowest BCUT2D eigenvalue weighted by Crippen LogP contribution is -2.50. The van der Waals surface area contributed by atoms with Gasteiger partial charge in [-0.1, -0.05) is 6.92 Å². The third kappa shape index (κ3) is 5.33. The van der Waals surface area contributed by atoms with Crippen LogP contribution < -0.4 is 15.5 Å². The summed E-state index contributed by atoms with van der Waals surface area (Å²) in [4.78, 5) is 28.0. The lowest BCUT2D eigenvalue weighted by atomic mass is 10.1. The molecule has 1 aromatic carbocycles. The fourth-order valence-corrected chi connectivity index (χ4v) is 3.85. The van der Waals surface area contributed by atoms with E-state index in [4.69, 9.17) is 0 Å². The maximum Gasteiger partial charge on any atom is 0.416 e. The Morgan fingerprint density at radius 3 is 2.52 bits per heavy atom. The van der Waals surface area contributed by atoms with Crippen LogP contribution in [0.2, 0.25) is 0 Å². The standard InChI is InChI=1S/C20H27F3N4O2/c1-2-18(28)24-15-6-5-11-27(13-15)19(29)25-16-12-14(20(21,22)23)7-8-17(16)26-9-3-4-10-26/h7-8,12,15H,2-6,9-11,13H2,1H3,(H,24,28)(H,25,29). The van der Waals surface area contributed by atoms with Gasteiger partial charge >= 0.3 is 12.2 Å². The van der Waals surface area contributed by atoms with Crippen LogP contribution in [0.1, 0.15) is 44.6 Å². The van der Waals surface area contributed by atoms with Gasteiger partial charge in [0.15, 0.2) is 0 Å². The molecule has 6 nitrogen and oxygen atoms in total. The minimum atomic E-state index is -4.48. The second-order valence-corrected chi connectivity index (χ2v) is 7.56. The second-order valence-electron chi connectivity index (χ2n) is 7.56. The monoisotopic (exact) mass is 412 g/mol. The molecule has 29 heavy (non-hydrogen) atoms. The number of carbonyl (C=O) groups is 2. The van der Waals surface area contributed by atoms with E-state index in [1.165, 1.54) is 6.07 Å². The summed E-state index contributed by atoms with van der Waals surface area (Å²) < 4.78 is 39.6. The Hall–Kier alpha value is -2.45. The van der Waals surface area contributed by atoms with Gasteiger partial charge in [-0.25, -0.2) is 4.79 Å². The summed E-state index contributed by atoms with van der Waals surface area (Å²) >= 11 is 0. The normalized spacial score (nSPS) is 19.9. The van der Waals surface area contributed by atoms with E-state index in [0.29, 0.717) is 25.2 Å². The van der Waals surface area contributed by atoms with Gasteiger partial charge < -0.3 is 20.4 Å². The van der Waals surface area contributed by atoms with Gasteiger partial charge in [0, 0.05) is 38.6 Å². The molecule has 0 aromatic heterocycles. The Morgan fingerprint density at radius 2 is 1.86 bits per heavy atom. The van der Waals surface area contributed by atoms with Gasteiger partial charge in [-0.2, -0.15) is 13.2 Å². The third-order valence-corrected chi connectivity index (χ3v) is 5.41. The van der Waals surface area contributed by atoms with Crippen LogP contribution in [0.25, 0.3) is 0 Å². The van der Waals surface area contributed by atoms with Crippen LogP contribution >= 0.6 is 0 Å². The van der Waals surface area contributed by atoms with E-state index in [9.17, 15) is 22.8 Å². The highest BCUT2D eigenvalue weighted by molar-refractivity contribution is 5.93. The van der Waals surface area contributed by atoms with Crippen LogP contribution in [0.15, 0.2) is 18.2 Å². The van der Waals surface area contributed by atoms with E-state index in [1.54, 1.807) is 11.8 Å². The fourth-order valence-electron chi connectivity index (χ4n) is 3.85. The molecule has 0 radical (unpaired) electrons. The molecule has 2 fully saturated rings. The van der Waals surface area contributed by atoms with Crippen LogP contribution in [0.3, 0.4) is 0 Å². The van der Waals surface area contributed by atoms with Gasteiger partial charge in [-0.15, -0.1) is 0 Å². The predicted octanol–water partition coefficient (Wildman–Crippen LogP) is 3.83.